The van der Waals surface area contributed by atoms with Gasteiger partial charge in [0.1, 0.15) is 11.5 Å². The molecule has 3 rings (SSSR count). The lowest BCUT2D eigenvalue weighted by Crippen LogP contribution is -2.42. The van der Waals surface area contributed by atoms with Crippen LogP contribution in [0.1, 0.15) is 136 Å². The molecular weight excluding hydrogens is 545 g/mol. The van der Waals surface area contributed by atoms with Gasteiger partial charge < -0.3 is 10.2 Å². The predicted octanol–water partition coefficient (Wildman–Crippen LogP) is 9.55. The molecule has 1 fully saturated rings. The first-order valence-corrected chi connectivity index (χ1v) is 19.8. The highest BCUT2D eigenvalue weighted by molar-refractivity contribution is 6.89. The Bertz CT molecular complexity index is 1320. The van der Waals surface area contributed by atoms with Gasteiger partial charge in [0, 0.05) is 29.1 Å². The standard InChI is InChI=1S/C38H60N2O2Si/c1-13-14-19-43(11,12)29-21-27(35(42)31(23-29)38(8,9)10)25-40-33-18-16-15-17-32(33)39-24-26-20-28(36(2,3)4)22-30(34(26)41)37(5,6)7/h20-25,32-33,41-42H,13-19H2,1-12H3. The topological polar surface area (TPSA) is 65.2 Å². The molecule has 0 aliphatic heterocycles. The molecule has 2 atom stereocenters. The van der Waals surface area contributed by atoms with E-state index in [0.29, 0.717) is 11.5 Å². The van der Waals surface area contributed by atoms with Crippen LogP contribution in [0.2, 0.25) is 19.1 Å². The van der Waals surface area contributed by atoms with Crippen LogP contribution < -0.4 is 5.19 Å². The number of rotatable bonds is 8. The molecule has 0 aromatic heterocycles. The third kappa shape index (κ3) is 8.83. The van der Waals surface area contributed by atoms with E-state index >= 15 is 0 Å². The summed E-state index contributed by atoms with van der Waals surface area (Å²) in [6.07, 6.45) is 10.5. The minimum Gasteiger partial charge on any atom is -0.507 e. The number of aliphatic imine (C=N–C) groups is 2. The van der Waals surface area contributed by atoms with E-state index in [-0.39, 0.29) is 28.3 Å². The largest absolute Gasteiger partial charge is 0.507 e. The highest BCUT2D eigenvalue weighted by Gasteiger charge is 2.29. The van der Waals surface area contributed by atoms with Crippen LogP contribution in [0.3, 0.4) is 0 Å². The van der Waals surface area contributed by atoms with Gasteiger partial charge in [-0.05, 0) is 46.3 Å². The maximum absolute atomic E-state index is 11.4. The molecule has 43 heavy (non-hydrogen) atoms. The van der Waals surface area contributed by atoms with E-state index in [1.165, 1.54) is 29.6 Å². The number of aromatic hydroxyl groups is 2. The van der Waals surface area contributed by atoms with Crippen molar-refractivity contribution in [2.24, 2.45) is 9.98 Å². The van der Waals surface area contributed by atoms with Crippen LogP contribution in [0.25, 0.3) is 0 Å². The third-order valence-corrected chi connectivity index (χ3v) is 12.7. The van der Waals surface area contributed by atoms with Crippen LogP contribution in [0.5, 0.6) is 11.5 Å². The van der Waals surface area contributed by atoms with Crippen molar-refractivity contribution in [2.75, 3.05) is 0 Å². The van der Waals surface area contributed by atoms with E-state index in [9.17, 15) is 10.2 Å². The van der Waals surface area contributed by atoms with Gasteiger partial charge in [0.25, 0.3) is 0 Å². The number of phenolic OH excluding ortho intramolecular Hbond substituents is 2. The Kier molecular flexibility index (Phi) is 10.9. The highest BCUT2D eigenvalue weighted by Crippen LogP contribution is 2.38. The lowest BCUT2D eigenvalue weighted by molar-refractivity contribution is 0.390. The minimum atomic E-state index is -1.66. The summed E-state index contributed by atoms with van der Waals surface area (Å²) >= 11 is 0. The van der Waals surface area contributed by atoms with Gasteiger partial charge in [0.05, 0.1) is 20.2 Å². The number of phenols is 2. The van der Waals surface area contributed by atoms with Crippen LogP contribution in [0, 0.1) is 0 Å². The van der Waals surface area contributed by atoms with E-state index in [4.69, 9.17) is 9.98 Å². The molecule has 2 N–H and O–H groups in total. The summed E-state index contributed by atoms with van der Waals surface area (Å²) in [6, 6.07) is 10.1. The van der Waals surface area contributed by atoms with E-state index in [1.54, 1.807) is 0 Å². The summed E-state index contributed by atoms with van der Waals surface area (Å²) in [7, 11) is -1.66. The second-order valence-corrected chi connectivity index (χ2v) is 21.5. The SMILES string of the molecule is CCCC[Si](C)(C)c1cc(C=NC2CCCCC2N=Cc2cc(C(C)(C)C)cc(C(C)(C)C)c2O)c(O)c(C(C)(C)C)c1. The summed E-state index contributed by atoms with van der Waals surface area (Å²) in [4.78, 5) is 10.2. The fraction of sp³-hybridized carbons (Fsp3) is 0.632. The van der Waals surface area contributed by atoms with Crippen LogP contribution in [-0.2, 0) is 16.2 Å². The monoisotopic (exact) mass is 604 g/mol. The van der Waals surface area contributed by atoms with Gasteiger partial charge >= 0.3 is 0 Å². The average molecular weight is 605 g/mol. The molecule has 1 aliphatic carbocycles. The van der Waals surface area contributed by atoms with Gasteiger partial charge in [0.2, 0.25) is 0 Å². The van der Waals surface area contributed by atoms with Gasteiger partial charge in [-0.3, -0.25) is 9.98 Å². The number of benzene rings is 2. The molecule has 0 bridgehead atoms. The van der Waals surface area contributed by atoms with Crippen molar-refractivity contribution in [3.8, 4) is 11.5 Å². The molecule has 1 saturated carbocycles. The highest BCUT2D eigenvalue weighted by atomic mass is 28.3. The maximum atomic E-state index is 11.4. The second-order valence-electron chi connectivity index (χ2n) is 16.6. The first-order valence-electron chi connectivity index (χ1n) is 16.6. The Balaban J connectivity index is 2.00. The van der Waals surface area contributed by atoms with Crippen molar-refractivity contribution < 1.29 is 10.2 Å². The van der Waals surface area contributed by atoms with E-state index in [1.807, 2.05) is 12.4 Å². The van der Waals surface area contributed by atoms with Crippen LogP contribution >= 0.6 is 0 Å². The van der Waals surface area contributed by atoms with E-state index < -0.39 is 8.07 Å². The normalized spacial score (nSPS) is 19.1. The zero-order valence-electron chi connectivity index (χ0n) is 29.4. The molecule has 0 radical (unpaired) electrons. The number of hydrogen-bond acceptors (Lipinski definition) is 4. The summed E-state index contributed by atoms with van der Waals surface area (Å²) in [5.74, 6) is 0.682. The molecule has 0 amide bonds. The van der Waals surface area contributed by atoms with E-state index in [0.717, 1.165) is 47.9 Å². The van der Waals surface area contributed by atoms with Gasteiger partial charge in [-0.2, -0.15) is 0 Å². The number of unbranched alkanes of at least 4 members (excludes halogenated alkanes) is 1. The summed E-state index contributed by atoms with van der Waals surface area (Å²) < 4.78 is 0. The lowest BCUT2D eigenvalue weighted by atomic mass is 9.79. The first kappa shape index (κ1) is 35.1. The van der Waals surface area contributed by atoms with Crippen molar-refractivity contribution in [3.63, 3.8) is 0 Å². The molecule has 4 nitrogen and oxygen atoms in total. The molecule has 2 aromatic carbocycles. The Morgan fingerprint density at radius 2 is 1.19 bits per heavy atom. The predicted molar refractivity (Wildman–Crippen MR) is 190 cm³/mol. The average Bonchev–Trinajstić information content (AvgIpc) is 2.89. The molecule has 2 unspecified atom stereocenters. The Morgan fingerprint density at radius 3 is 1.63 bits per heavy atom. The zero-order valence-corrected chi connectivity index (χ0v) is 30.4. The fourth-order valence-corrected chi connectivity index (χ4v) is 8.64. The molecule has 0 spiro atoms. The van der Waals surface area contributed by atoms with Gasteiger partial charge in [0.15, 0.2) is 0 Å². The van der Waals surface area contributed by atoms with Crippen molar-refractivity contribution >= 4 is 25.7 Å². The van der Waals surface area contributed by atoms with Gasteiger partial charge in [-0.15, -0.1) is 0 Å². The molecule has 0 saturated heterocycles. The molecule has 2 aromatic rings. The van der Waals surface area contributed by atoms with Crippen molar-refractivity contribution in [3.05, 3.63) is 52.1 Å². The van der Waals surface area contributed by atoms with Gasteiger partial charge in [-0.25, -0.2) is 0 Å². The Labute approximate surface area is 264 Å². The lowest BCUT2D eigenvalue weighted by Gasteiger charge is -2.29. The van der Waals surface area contributed by atoms with Crippen molar-refractivity contribution in [1.82, 2.24) is 0 Å². The summed E-state index contributed by atoms with van der Waals surface area (Å²) in [6.45, 7) is 26.7. The summed E-state index contributed by atoms with van der Waals surface area (Å²) in [5, 5.41) is 24.1. The fourth-order valence-electron chi connectivity index (χ4n) is 6.03. The maximum Gasteiger partial charge on any atom is 0.128 e. The quantitative estimate of drug-likeness (QED) is 0.233. The molecule has 0 heterocycles. The number of nitrogens with zero attached hydrogens (tertiary/aromatic N) is 2. The number of hydrogen-bond donors (Lipinski definition) is 2. The van der Waals surface area contributed by atoms with Crippen molar-refractivity contribution in [1.29, 1.82) is 0 Å². The molecule has 238 valence electrons. The van der Waals surface area contributed by atoms with Crippen LogP contribution in [-0.4, -0.2) is 42.8 Å². The summed E-state index contributed by atoms with van der Waals surface area (Å²) in [5.41, 5.74) is 4.39. The minimum absolute atomic E-state index is 0.0373. The molecular formula is C38H60N2O2Si. The van der Waals surface area contributed by atoms with Crippen LogP contribution in [0.15, 0.2) is 34.3 Å². The second kappa shape index (κ2) is 13.3. The smallest absolute Gasteiger partial charge is 0.128 e. The van der Waals surface area contributed by atoms with Crippen LogP contribution in [0.4, 0.5) is 0 Å². The first-order chi connectivity index (χ1) is 19.8. The van der Waals surface area contributed by atoms with E-state index in [2.05, 4.69) is 107 Å². The third-order valence-electron chi connectivity index (χ3n) is 9.20. The van der Waals surface area contributed by atoms with Crippen molar-refractivity contribution in [2.45, 2.75) is 155 Å². The zero-order chi connectivity index (χ0) is 32.4. The Hall–Kier alpha value is -2.40. The molecule has 5 heteroatoms. The molecule has 1 aliphatic rings. The van der Waals surface area contributed by atoms with Gasteiger partial charge in [-0.1, -0.05) is 137 Å². The Morgan fingerprint density at radius 1 is 0.721 bits per heavy atom.